The highest BCUT2D eigenvalue weighted by Gasteiger charge is 2.30. The van der Waals surface area contributed by atoms with Crippen LogP contribution < -0.4 is 10.6 Å². The Morgan fingerprint density at radius 2 is 1.52 bits per heavy atom. The van der Waals surface area contributed by atoms with Crippen molar-refractivity contribution in [3.05, 3.63) is 36.0 Å². The van der Waals surface area contributed by atoms with Crippen LogP contribution in [0.15, 0.2) is 30.5 Å². The molecule has 6 nitrogen and oxygen atoms in total. The van der Waals surface area contributed by atoms with Crippen LogP contribution in [0, 0.1) is 0 Å². The highest BCUT2D eigenvalue weighted by Crippen LogP contribution is 2.30. The SMILES string of the molecule is C1CCCCC1.CCC(C)(C)Nc1ncc2nc(Nc3ccc(C(F)(F)F)cc3)n(C)c2n1. The van der Waals surface area contributed by atoms with Crippen molar-refractivity contribution in [1.29, 1.82) is 0 Å². The number of imidazole rings is 1. The quantitative estimate of drug-likeness (QED) is 0.425. The summed E-state index contributed by atoms with van der Waals surface area (Å²) in [5.74, 6) is 0.962. The van der Waals surface area contributed by atoms with Gasteiger partial charge in [-0.3, -0.25) is 4.57 Å². The molecule has 1 fully saturated rings. The minimum Gasteiger partial charge on any atom is -0.349 e. The lowest BCUT2D eigenvalue weighted by atomic mass is 10.0. The normalized spacial score (nSPS) is 14.5. The predicted octanol–water partition coefficient (Wildman–Crippen LogP) is 7.07. The van der Waals surface area contributed by atoms with Crippen LogP contribution in [0.4, 0.5) is 30.8 Å². The highest BCUT2D eigenvalue weighted by molar-refractivity contribution is 5.76. The summed E-state index contributed by atoms with van der Waals surface area (Å²) >= 11 is 0. The van der Waals surface area contributed by atoms with Crippen molar-refractivity contribution in [3.63, 3.8) is 0 Å². The van der Waals surface area contributed by atoms with Crippen molar-refractivity contribution < 1.29 is 13.2 Å². The molecule has 9 heteroatoms. The number of hydrogen-bond donors (Lipinski definition) is 2. The number of fused-ring (bicyclic) bond motifs is 1. The van der Waals surface area contributed by atoms with Crippen LogP contribution in [0.5, 0.6) is 0 Å². The molecule has 0 unspecified atom stereocenters. The summed E-state index contributed by atoms with van der Waals surface area (Å²) in [5.41, 5.74) is 0.867. The van der Waals surface area contributed by atoms with E-state index in [4.69, 9.17) is 0 Å². The Labute approximate surface area is 193 Å². The van der Waals surface area contributed by atoms with Crippen LogP contribution >= 0.6 is 0 Å². The Morgan fingerprint density at radius 3 is 2.03 bits per heavy atom. The van der Waals surface area contributed by atoms with Crippen molar-refractivity contribution >= 4 is 28.7 Å². The lowest BCUT2D eigenvalue weighted by molar-refractivity contribution is -0.137. The molecule has 0 bridgehead atoms. The van der Waals surface area contributed by atoms with Crippen molar-refractivity contribution in [1.82, 2.24) is 19.5 Å². The monoisotopic (exact) mass is 462 g/mol. The molecule has 0 atom stereocenters. The molecule has 3 aromatic rings. The Kier molecular flexibility index (Phi) is 7.81. The van der Waals surface area contributed by atoms with E-state index in [1.807, 2.05) is 0 Å². The summed E-state index contributed by atoms with van der Waals surface area (Å²) in [6.45, 7) is 6.18. The van der Waals surface area contributed by atoms with Crippen LogP contribution in [-0.2, 0) is 13.2 Å². The Balaban J connectivity index is 0.000000442. The standard InChI is InChI=1S/C18H21F3N6.C6H12/c1-5-17(2,3)26-15-22-10-13-14(25-15)27(4)16(24-13)23-12-8-6-11(7-9-12)18(19,20)21;1-2-4-6-5-3-1/h6-10H,5H2,1-4H3,(H,23,24)(H,22,25,26);1-6H2. The predicted molar refractivity (Wildman–Crippen MR) is 127 cm³/mol. The average Bonchev–Trinajstić information content (AvgIpc) is 3.10. The minimum absolute atomic E-state index is 0.145. The molecule has 2 aromatic heterocycles. The number of nitrogens with one attached hydrogen (secondary N) is 2. The second kappa shape index (κ2) is 10.4. The Bertz CT molecular complexity index is 1030. The maximum absolute atomic E-state index is 12.7. The average molecular weight is 463 g/mol. The van der Waals surface area contributed by atoms with Crippen molar-refractivity contribution in [3.8, 4) is 0 Å². The number of alkyl halides is 3. The zero-order valence-corrected chi connectivity index (χ0v) is 19.8. The van der Waals surface area contributed by atoms with E-state index < -0.39 is 11.7 Å². The molecular formula is C24H33F3N6. The van der Waals surface area contributed by atoms with E-state index in [0.29, 0.717) is 28.7 Å². The van der Waals surface area contributed by atoms with Gasteiger partial charge in [-0.2, -0.15) is 18.2 Å². The van der Waals surface area contributed by atoms with Crippen LogP contribution in [0.25, 0.3) is 11.2 Å². The maximum Gasteiger partial charge on any atom is 0.416 e. The molecule has 1 aliphatic carbocycles. The first-order chi connectivity index (χ1) is 15.6. The van der Waals surface area contributed by atoms with Gasteiger partial charge in [-0.25, -0.2) is 9.97 Å². The van der Waals surface area contributed by atoms with Gasteiger partial charge in [-0.15, -0.1) is 0 Å². The van der Waals surface area contributed by atoms with E-state index in [1.54, 1.807) is 17.8 Å². The minimum atomic E-state index is -4.36. The lowest BCUT2D eigenvalue weighted by Gasteiger charge is -2.24. The molecule has 0 aliphatic heterocycles. The summed E-state index contributed by atoms with van der Waals surface area (Å²) in [4.78, 5) is 13.2. The van der Waals surface area contributed by atoms with Gasteiger partial charge < -0.3 is 10.6 Å². The fraction of sp³-hybridized carbons (Fsp3) is 0.542. The number of halogens is 3. The fourth-order valence-corrected chi connectivity index (χ4v) is 3.48. The van der Waals surface area contributed by atoms with E-state index in [-0.39, 0.29) is 5.54 Å². The van der Waals surface area contributed by atoms with Gasteiger partial charge in [0.15, 0.2) is 5.65 Å². The fourth-order valence-electron chi connectivity index (χ4n) is 3.48. The van der Waals surface area contributed by atoms with Gasteiger partial charge in [0.05, 0.1) is 11.8 Å². The van der Waals surface area contributed by atoms with Crippen molar-refractivity contribution in [2.75, 3.05) is 10.6 Å². The van der Waals surface area contributed by atoms with Crippen LogP contribution in [-0.4, -0.2) is 25.1 Å². The molecular weight excluding hydrogens is 429 g/mol. The molecule has 2 heterocycles. The molecule has 1 aromatic carbocycles. The largest absolute Gasteiger partial charge is 0.416 e. The second-order valence-electron chi connectivity index (χ2n) is 9.08. The molecule has 180 valence electrons. The topological polar surface area (TPSA) is 67.7 Å². The number of aromatic nitrogens is 4. The molecule has 4 rings (SSSR count). The van der Waals surface area contributed by atoms with Gasteiger partial charge in [0.25, 0.3) is 0 Å². The van der Waals surface area contributed by atoms with E-state index >= 15 is 0 Å². The molecule has 0 spiro atoms. The van der Waals surface area contributed by atoms with Gasteiger partial charge in [0.2, 0.25) is 11.9 Å². The van der Waals surface area contributed by atoms with E-state index in [0.717, 1.165) is 18.6 Å². The first-order valence-corrected chi connectivity index (χ1v) is 11.5. The zero-order chi connectivity index (χ0) is 24.1. The number of aryl methyl sites for hydroxylation is 1. The van der Waals surface area contributed by atoms with Crippen LogP contribution in [0.2, 0.25) is 0 Å². The molecule has 0 amide bonds. The highest BCUT2D eigenvalue weighted by atomic mass is 19.4. The van der Waals surface area contributed by atoms with Gasteiger partial charge >= 0.3 is 6.18 Å². The van der Waals surface area contributed by atoms with Gasteiger partial charge in [0.1, 0.15) is 5.52 Å². The third-order valence-corrected chi connectivity index (χ3v) is 5.91. The molecule has 2 N–H and O–H groups in total. The van der Waals surface area contributed by atoms with Crippen LogP contribution in [0.1, 0.15) is 71.3 Å². The summed E-state index contributed by atoms with van der Waals surface area (Å²) in [6.07, 6.45) is 7.16. The summed E-state index contributed by atoms with van der Waals surface area (Å²) in [7, 11) is 1.78. The van der Waals surface area contributed by atoms with Gasteiger partial charge in [0, 0.05) is 18.3 Å². The summed E-state index contributed by atoms with van der Waals surface area (Å²) in [6, 6.07) is 4.79. The molecule has 33 heavy (non-hydrogen) atoms. The van der Waals surface area contributed by atoms with Crippen molar-refractivity contribution in [2.24, 2.45) is 7.05 Å². The number of rotatable bonds is 5. The Morgan fingerprint density at radius 1 is 0.939 bits per heavy atom. The number of anilines is 3. The second-order valence-corrected chi connectivity index (χ2v) is 9.08. The number of benzene rings is 1. The van der Waals surface area contributed by atoms with Crippen LogP contribution in [0.3, 0.4) is 0 Å². The summed E-state index contributed by atoms with van der Waals surface area (Å²) < 4.78 is 39.8. The van der Waals surface area contributed by atoms with E-state index in [2.05, 4.69) is 46.4 Å². The Hall–Kier alpha value is -2.84. The molecule has 0 saturated heterocycles. The first-order valence-electron chi connectivity index (χ1n) is 11.5. The third kappa shape index (κ3) is 6.82. The maximum atomic E-state index is 12.7. The smallest absolute Gasteiger partial charge is 0.349 e. The number of nitrogens with zero attached hydrogens (tertiary/aromatic N) is 4. The lowest BCUT2D eigenvalue weighted by Crippen LogP contribution is -2.30. The van der Waals surface area contributed by atoms with Crippen molar-refractivity contribution in [2.45, 2.75) is 77.4 Å². The van der Waals surface area contributed by atoms with E-state index in [1.165, 1.54) is 50.7 Å². The first kappa shape index (κ1) is 24.8. The molecule has 0 radical (unpaired) electrons. The summed E-state index contributed by atoms with van der Waals surface area (Å²) in [5, 5.41) is 6.29. The third-order valence-electron chi connectivity index (χ3n) is 5.91. The van der Waals surface area contributed by atoms with E-state index in [9.17, 15) is 13.2 Å². The number of hydrogen-bond acceptors (Lipinski definition) is 5. The molecule has 1 saturated carbocycles. The van der Waals surface area contributed by atoms with Gasteiger partial charge in [-0.05, 0) is 44.5 Å². The zero-order valence-electron chi connectivity index (χ0n) is 19.8. The molecule has 1 aliphatic rings. The van der Waals surface area contributed by atoms with Gasteiger partial charge in [-0.1, -0.05) is 45.4 Å².